The van der Waals surface area contributed by atoms with Crippen LogP contribution in [-0.2, 0) is 5.75 Å². The van der Waals surface area contributed by atoms with E-state index in [1.807, 2.05) is 24.3 Å². The number of benzene rings is 2. The molecular weight excluding hydrogens is 440 g/mol. The van der Waals surface area contributed by atoms with Crippen LogP contribution in [0.4, 0.5) is 11.4 Å². The molecule has 11 heteroatoms. The van der Waals surface area contributed by atoms with Crippen molar-refractivity contribution < 1.29 is 14.3 Å². The third kappa shape index (κ3) is 4.31. The Morgan fingerprint density at radius 3 is 2.44 bits per heavy atom. The first-order valence-electron chi connectivity index (χ1n) is 7.49. The molecule has 0 spiro atoms. The Labute approximate surface area is 165 Å². The van der Waals surface area contributed by atoms with Crippen LogP contribution in [0.3, 0.4) is 0 Å². The fourth-order valence-electron chi connectivity index (χ4n) is 2.30. The van der Waals surface area contributed by atoms with Crippen LogP contribution in [0.15, 0.2) is 50.5 Å². The van der Waals surface area contributed by atoms with E-state index in [9.17, 15) is 20.2 Å². The zero-order valence-electron chi connectivity index (χ0n) is 13.8. The Morgan fingerprint density at radius 1 is 1.11 bits per heavy atom. The van der Waals surface area contributed by atoms with Crippen molar-refractivity contribution in [2.45, 2.75) is 17.9 Å². The standard InChI is InChI=1S/C16H11BrN4O5S/c1-9-11(6-13(20(22)23)7-14(9)21(24)25)8-27-16-19-18-15(26-16)10-2-4-12(17)5-3-10/h2-7H,8H2,1H3. The van der Waals surface area contributed by atoms with Gasteiger partial charge in [0.25, 0.3) is 16.6 Å². The van der Waals surface area contributed by atoms with Crippen molar-refractivity contribution in [3.8, 4) is 11.5 Å². The highest BCUT2D eigenvalue weighted by Crippen LogP contribution is 2.32. The van der Waals surface area contributed by atoms with Crippen LogP contribution in [0.2, 0.25) is 0 Å². The molecule has 0 fully saturated rings. The summed E-state index contributed by atoms with van der Waals surface area (Å²) in [6.07, 6.45) is 0. The first-order chi connectivity index (χ1) is 12.8. The van der Waals surface area contributed by atoms with Gasteiger partial charge in [0.15, 0.2) is 0 Å². The average Bonchev–Trinajstić information content (AvgIpc) is 3.10. The lowest BCUT2D eigenvalue weighted by molar-refractivity contribution is -0.394. The Kier molecular flexibility index (Phi) is 5.51. The van der Waals surface area contributed by atoms with Gasteiger partial charge in [-0.25, -0.2) is 0 Å². The number of rotatable bonds is 6. The maximum absolute atomic E-state index is 11.1. The average molecular weight is 451 g/mol. The molecule has 9 nitrogen and oxygen atoms in total. The molecule has 0 atom stereocenters. The van der Waals surface area contributed by atoms with Crippen molar-refractivity contribution in [2.75, 3.05) is 0 Å². The molecule has 138 valence electrons. The first-order valence-corrected chi connectivity index (χ1v) is 9.27. The lowest BCUT2D eigenvalue weighted by atomic mass is 10.1. The molecule has 0 aliphatic rings. The Bertz CT molecular complexity index is 1020. The number of halogens is 1. The van der Waals surface area contributed by atoms with Gasteiger partial charge in [0.1, 0.15) is 0 Å². The number of thioether (sulfide) groups is 1. The highest BCUT2D eigenvalue weighted by Gasteiger charge is 2.22. The van der Waals surface area contributed by atoms with Gasteiger partial charge in [-0.1, -0.05) is 27.7 Å². The molecule has 3 aromatic rings. The van der Waals surface area contributed by atoms with Crippen molar-refractivity contribution in [3.05, 3.63) is 72.2 Å². The van der Waals surface area contributed by atoms with Crippen LogP contribution in [0.1, 0.15) is 11.1 Å². The van der Waals surface area contributed by atoms with Gasteiger partial charge in [-0.15, -0.1) is 10.2 Å². The predicted octanol–water partition coefficient (Wildman–Crippen LogP) is 4.92. The van der Waals surface area contributed by atoms with Gasteiger partial charge >= 0.3 is 0 Å². The van der Waals surface area contributed by atoms with Crippen molar-refractivity contribution in [1.82, 2.24) is 10.2 Å². The van der Waals surface area contributed by atoms with E-state index in [0.29, 0.717) is 17.0 Å². The van der Waals surface area contributed by atoms with Crippen LogP contribution >= 0.6 is 27.7 Å². The molecule has 0 aliphatic heterocycles. The Balaban J connectivity index is 1.82. The normalized spacial score (nSPS) is 10.7. The molecule has 1 aromatic heterocycles. The molecule has 0 saturated heterocycles. The molecule has 0 radical (unpaired) electrons. The summed E-state index contributed by atoms with van der Waals surface area (Å²) >= 11 is 4.50. The van der Waals surface area contributed by atoms with Crippen molar-refractivity contribution >= 4 is 39.1 Å². The van der Waals surface area contributed by atoms with Crippen molar-refractivity contribution in [1.29, 1.82) is 0 Å². The molecule has 0 N–H and O–H groups in total. The van der Waals surface area contributed by atoms with E-state index in [4.69, 9.17) is 4.42 Å². The summed E-state index contributed by atoms with van der Waals surface area (Å²) in [6.45, 7) is 1.55. The lowest BCUT2D eigenvalue weighted by Gasteiger charge is -2.05. The summed E-state index contributed by atoms with van der Waals surface area (Å²) in [6, 6.07) is 9.61. The van der Waals surface area contributed by atoms with Crippen molar-refractivity contribution in [2.24, 2.45) is 0 Å². The summed E-state index contributed by atoms with van der Waals surface area (Å²) < 4.78 is 6.50. The Hall–Kier alpha value is -2.79. The minimum absolute atomic E-state index is 0.219. The monoisotopic (exact) mass is 450 g/mol. The van der Waals surface area contributed by atoms with Crippen LogP contribution in [0.25, 0.3) is 11.5 Å². The molecule has 3 rings (SSSR count). The molecule has 0 aliphatic carbocycles. The summed E-state index contributed by atoms with van der Waals surface area (Å²) in [5.41, 5.74) is 0.958. The second kappa shape index (κ2) is 7.84. The third-order valence-electron chi connectivity index (χ3n) is 3.73. The van der Waals surface area contributed by atoms with Gasteiger partial charge in [0, 0.05) is 27.4 Å². The zero-order chi connectivity index (χ0) is 19.6. The fraction of sp³-hybridized carbons (Fsp3) is 0.125. The van der Waals surface area contributed by atoms with Gasteiger partial charge in [-0.2, -0.15) is 0 Å². The number of non-ortho nitro benzene ring substituents is 1. The van der Waals surface area contributed by atoms with E-state index >= 15 is 0 Å². The molecule has 1 heterocycles. The van der Waals surface area contributed by atoms with E-state index in [1.165, 1.54) is 6.07 Å². The minimum Gasteiger partial charge on any atom is -0.411 e. The van der Waals surface area contributed by atoms with Gasteiger partial charge in [-0.3, -0.25) is 20.2 Å². The smallest absolute Gasteiger partial charge is 0.279 e. The van der Waals surface area contributed by atoms with Crippen LogP contribution in [-0.4, -0.2) is 20.0 Å². The largest absolute Gasteiger partial charge is 0.411 e. The quantitative estimate of drug-likeness (QED) is 0.294. The maximum atomic E-state index is 11.1. The predicted molar refractivity (Wildman–Crippen MR) is 101 cm³/mol. The van der Waals surface area contributed by atoms with E-state index in [1.54, 1.807) is 6.92 Å². The number of hydrogen-bond donors (Lipinski definition) is 0. The van der Waals surface area contributed by atoms with Crippen LogP contribution in [0, 0.1) is 27.2 Å². The van der Waals surface area contributed by atoms with Gasteiger partial charge < -0.3 is 4.42 Å². The summed E-state index contributed by atoms with van der Waals surface area (Å²) in [4.78, 5) is 20.9. The topological polar surface area (TPSA) is 125 Å². The lowest BCUT2D eigenvalue weighted by Crippen LogP contribution is -1.99. The molecule has 0 amide bonds. The molecule has 0 unspecified atom stereocenters. The number of aromatic nitrogens is 2. The van der Waals surface area contributed by atoms with E-state index in [-0.39, 0.29) is 22.4 Å². The molecule has 0 saturated carbocycles. The first kappa shape index (κ1) is 19.0. The summed E-state index contributed by atoms with van der Waals surface area (Å²) in [5, 5.41) is 30.3. The van der Waals surface area contributed by atoms with Gasteiger partial charge in [0.05, 0.1) is 15.9 Å². The zero-order valence-corrected chi connectivity index (χ0v) is 16.2. The van der Waals surface area contributed by atoms with E-state index in [2.05, 4.69) is 26.1 Å². The molecular formula is C16H11BrN4O5S. The number of nitro benzene ring substituents is 2. The fourth-order valence-corrected chi connectivity index (χ4v) is 3.38. The molecule has 2 aromatic carbocycles. The van der Waals surface area contributed by atoms with Gasteiger partial charge in [0.2, 0.25) is 5.89 Å². The second-order valence-corrected chi connectivity index (χ2v) is 7.27. The number of nitro groups is 2. The SMILES string of the molecule is Cc1c(CSc2nnc(-c3ccc(Br)cc3)o2)cc([N+](=O)[O-])cc1[N+](=O)[O-]. The van der Waals surface area contributed by atoms with Crippen LogP contribution in [0.5, 0.6) is 0 Å². The Morgan fingerprint density at radius 2 is 1.81 bits per heavy atom. The summed E-state index contributed by atoms with van der Waals surface area (Å²) in [7, 11) is 0. The molecule has 0 bridgehead atoms. The second-order valence-electron chi connectivity index (χ2n) is 5.43. The minimum atomic E-state index is -0.654. The molecule has 27 heavy (non-hydrogen) atoms. The highest BCUT2D eigenvalue weighted by atomic mass is 79.9. The van der Waals surface area contributed by atoms with Crippen LogP contribution < -0.4 is 0 Å². The van der Waals surface area contributed by atoms with E-state index in [0.717, 1.165) is 27.9 Å². The van der Waals surface area contributed by atoms with Crippen molar-refractivity contribution in [3.63, 3.8) is 0 Å². The highest BCUT2D eigenvalue weighted by molar-refractivity contribution is 9.10. The van der Waals surface area contributed by atoms with Gasteiger partial charge in [-0.05, 0) is 36.8 Å². The number of nitrogens with zero attached hydrogens (tertiary/aromatic N) is 4. The third-order valence-corrected chi connectivity index (χ3v) is 5.12. The summed E-state index contributed by atoms with van der Waals surface area (Å²) in [5.74, 6) is 0.558. The maximum Gasteiger partial charge on any atom is 0.279 e. The van der Waals surface area contributed by atoms with E-state index < -0.39 is 9.85 Å². The number of hydrogen-bond acceptors (Lipinski definition) is 8.